The van der Waals surface area contributed by atoms with Gasteiger partial charge in [0.05, 0.1) is 16.7 Å². The Labute approximate surface area is 304 Å². The Hall–Kier alpha value is -5.99. The molecule has 7 aromatic carbocycles. The van der Waals surface area contributed by atoms with Gasteiger partial charge in [-0.05, 0) is 126 Å². The molecule has 1 aliphatic rings. The van der Waals surface area contributed by atoms with Crippen molar-refractivity contribution >= 4 is 65.3 Å². The number of rotatable bonds is 4. The highest BCUT2D eigenvalue weighted by Crippen LogP contribution is 2.47. The Morgan fingerprint density at radius 3 is 1.92 bits per heavy atom. The van der Waals surface area contributed by atoms with Gasteiger partial charge in [-0.1, -0.05) is 131 Å². The summed E-state index contributed by atoms with van der Waals surface area (Å²) in [7, 11) is 0. The van der Waals surface area contributed by atoms with Crippen molar-refractivity contribution in [2.75, 3.05) is 0 Å². The van der Waals surface area contributed by atoms with Crippen LogP contribution in [0.4, 0.5) is 0 Å². The van der Waals surface area contributed by atoms with Crippen LogP contribution in [0.25, 0.3) is 82.1 Å². The maximum absolute atomic E-state index is 4.69. The van der Waals surface area contributed by atoms with E-state index in [2.05, 4.69) is 177 Å². The fourth-order valence-electron chi connectivity index (χ4n) is 8.80. The summed E-state index contributed by atoms with van der Waals surface area (Å²) in [6.45, 7) is 9.30. The normalized spacial score (nSPS) is 15.3. The van der Waals surface area contributed by atoms with Crippen LogP contribution in [-0.4, -0.2) is 9.55 Å². The second kappa shape index (κ2) is 11.5. The number of aromatic nitrogens is 2. The predicted octanol–water partition coefficient (Wildman–Crippen LogP) is 13.5. The second-order valence-electron chi connectivity index (χ2n) is 15.7. The molecule has 1 aliphatic carbocycles. The van der Waals surface area contributed by atoms with E-state index in [1.807, 2.05) is 12.3 Å². The van der Waals surface area contributed by atoms with Gasteiger partial charge >= 0.3 is 0 Å². The van der Waals surface area contributed by atoms with E-state index in [9.17, 15) is 0 Å². The van der Waals surface area contributed by atoms with Crippen molar-refractivity contribution in [1.82, 2.24) is 9.55 Å². The molecule has 2 heteroatoms. The molecule has 2 heterocycles. The third kappa shape index (κ3) is 4.74. The van der Waals surface area contributed by atoms with Gasteiger partial charge in [-0.15, -0.1) is 0 Å². The quantitative estimate of drug-likeness (QED) is 0.171. The summed E-state index contributed by atoms with van der Waals surface area (Å²) in [6, 6.07) is 49.7. The van der Waals surface area contributed by atoms with Crippen molar-refractivity contribution in [3.8, 4) is 16.8 Å². The van der Waals surface area contributed by atoms with Crippen LogP contribution in [0.15, 0.2) is 152 Å². The highest BCUT2D eigenvalue weighted by atomic mass is 15.0. The van der Waals surface area contributed by atoms with Crippen LogP contribution in [-0.2, 0) is 5.41 Å². The molecule has 0 saturated heterocycles. The van der Waals surface area contributed by atoms with Crippen molar-refractivity contribution in [2.24, 2.45) is 5.92 Å². The molecule has 0 aliphatic heterocycles. The molecule has 52 heavy (non-hydrogen) atoms. The first-order valence-electron chi connectivity index (χ1n) is 18.5. The largest absolute Gasteiger partial charge is 0.309 e. The molecule has 2 aromatic heterocycles. The molecule has 250 valence electrons. The van der Waals surface area contributed by atoms with E-state index in [0.29, 0.717) is 5.92 Å². The Kier molecular flexibility index (Phi) is 6.82. The SMILES string of the molecule is CC1CC(c2ccccn2)=CC=C1c1cc(-c2cccc(-n3c4ccccc4c4ccccc43)c2)c2ccc3cc(C(C)(C)C)cc4ccc1c2c43. The maximum atomic E-state index is 4.69. The highest BCUT2D eigenvalue weighted by molar-refractivity contribution is 6.27. The van der Waals surface area contributed by atoms with Gasteiger partial charge in [0.15, 0.2) is 0 Å². The topological polar surface area (TPSA) is 17.8 Å². The Balaban J connectivity index is 1.25. The monoisotopic (exact) mass is 668 g/mol. The third-order valence-electron chi connectivity index (χ3n) is 11.4. The smallest absolute Gasteiger partial charge is 0.0661 e. The van der Waals surface area contributed by atoms with Gasteiger partial charge in [-0.25, -0.2) is 0 Å². The first kappa shape index (κ1) is 30.8. The molecule has 9 aromatic rings. The molecule has 0 bridgehead atoms. The lowest BCUT2D eigenvalue weighted by atomic mass is 9.78. The Morgan fingerprint density at radius 1 is 0.596 bits per heavy atom. The van der Waals surface area contributed by atoms with E-state index in [-0.39, 0.29) is 5.41 Å². The van der Waals surface area contributed by atoms with E-state index < -0.39 is 0 Å². The average molecular weight is 669 g/mol. The van der Waals surface area contributed by atoms with Gasteiger partial charge in [0.2, 0.25) is 0 Å². The molecule has 0 amide bonds. The molecule has 0 fully saturated rings. The molecule has 0 spiro atoms. The van der Waals surface area contributed by atoms with E-state index in [0.717, 1.165) is 12.1 Å². The van der Waals surface area contributed by atoms with Crippen LogP contribution in [0.5, 0.6) is 0 Å². The zero-order valence-corrected chi connectivity index (χ0v) is 30.1. The molecule has 0 saturated carbocycles. The van der Waals surface area contributed by atoms with Crippen molar-refractivity contribution in [3.63, 3.8) is 0 Å². The van der Waals surface area contributed by atoms with Crippen molar-refractivity contribution < 1.29 is 0 Å². The minimum Gasteiger partial charge on any atom is -0.309 e. The second-order valence-corrected chi connectivity index (χ2v) is 15.7. The number of hydrogen-bond donors (Lipinski definition) is 0. The molecule has 2 nitrogen and oxygen atoms in total. The van der Waals surface area contributed by atoms with Gasteiger partial charge in [-0.2, -0.15) is 0 Å². The number of benzene rings is 7. The van der Waals surface area contributed by atoms with Crippen molar-refractivity contribution in [3.05, 3.63) is 169 Å². The van der Waals surface area contributed by atoms with Crippen LogP contribution in [0, 0.1) is 5.92 Å². The predicted molar refractivity (Wildman–Crippen MR) is 223 cm³/mol. The molecule has 1 atom stereocenters. The summed E-state index contributed by atoms with van der Waals surface area (Å²) < 4.78 is 2.43. The summed E-state index contributed by atoms with van der Waals surface area (Å²) in [5.41, 5.74) is 12.6. The van der Waals surface area contributed by atoms with Crippen LogP contribution in [0.2, 0.25) is 0 Å². The first-order valence-corrected chi connectivity index (χ1v) is 18.5. The van der Waals surface area contributed by atoms with E-state index in [1.165, 1.54) is 93.2 Å². The molecule has 0 N–H and O–H groups in total. The average Bonchev–Trinajstić information content (AvgIpc) is 3.51. The van der Waals surface area contributed by atoms with Crippen LogP contribution >= 0.6 is 0 Å². The fourth-order valence-corrected chi connectivity index (χ4v) is 8.80. The van der Waals surface area contributed by atoms with Gasteiger partial charge < -0.3 is 4.57 Å². The molecular formula is C50H40N2. The van der Waals surface area contributed by atoms with Crippen molar-refractivity contribution in [2.45, 2.75) is 39.5 Å². The molecule has 10 rings (SSSR count). The lowest BCUT2D eigenvalue weighted by Gasteiger charge is -2.26. The van der Waals surface area contributed by atoms with Gasteiger partial charge in [0, 0.05) is 22.7 Å². The number of fused-ring (bicyclic) bond motifs is 3. The van der Waals surface area contributed by atoms with E-state index >= 15 is 0 Å². The highest BCUT2D eigenvalue weighted by Gasteiger charge is 2.24. The summed E-state index contributed by atoms with van der Waals surface area (Å²) in [5.74, 6) is 0.338. The zero-order chi connectivity index (χ0) is 35.1. The lowest BCUT2D eigenvalue weighted by Crippen LogP contribution is -2.11. The number of pyridine rings is 1. The van der Waals surface area contributed by atoms with E-state index in [1.54, 1.807) is 0 Å². The summed E-state index contributed by atoms with van der Waals surface area (Å²) >= 11 is 0. The van der Waals surface area contributed by atoms with Gasteiger partial charge in [-0.3, -0.25) is 4.98 Å². The van der Waals surface area contributed by atoms with Crippen molar-refractivity contribution in [1.29, 1.82) is 0 Å². The number of hydrogen-bond acceptors (Lipinski definition) is 1. The molecule has 0 radical (unpaired) electrons. The van der Waals surface area contributed by atoms with Crippen LogP contribution in [0.3, 0.4) is 0 Å². The standard InChI is InChI=1S/C50H40N2/c1-31-26-33(45-16-9-10-25-51-45)19-22-38(31)44-30-43(41-23-20-34-27-36(50(2,3)4)28-35-21-24-42(44)49(41)48(34)35)32-12-11-13-37(29-32)52-46-17-7-5-14-39(46)40-15-6-8-18-47(40)52/h5-25,27-31H,26H2,1-4H3. The fraction of sp³-hybridized carbons (Fsp3) is 0.140. The van der Waals surface area contributed by atoms with Gasteiger partial charge in [0.25, 0.3) is 0 Å². The number of nitrogens with zero attached hydrogens (tertiary/aromatic N) is 2. The Bertz CT molecular complexity index is 2840. The first-order chi connectivity index (χ1) is 25.3. The van der Waals surface area contributed by atoms with Crippen LogP contribution < -0.4 is 0 Å². The minimum absolute atomic E-state index is 0.0635. The zero-order valence-electron chi connectivity index (χ0n) is 30.1. The lowest BCUT2D eigenvalue weighted by molar-refractivity contribution is 0.591. The van der Waals surface area contributed by atoms with Crippen LogP contribution in [0.1, 0.15) is 50.9 Å². The third-order valence-corrected chi connectivity index (χ3v) is 11.4. The maximum Gasteiger partial charge on any atom is 0.0661 e. The summed E-state index contributed by atoms with van der Waals surface area (Å²) in [4.78, 5) is 4.69. The minimum atomic E-state index is 0.0635. The molecule has 1 unspecified atom stereocenters. The van der Waals surface area contributed by atoms with E-state index in [4.69, 9.17) is 0 Å². The number of allylic oxidation sites excluding steroid dienone is 4. The molecular weight excluding hydrogens is 629 g/mol. The number of para-hydroxylation sites is 2. The summed E-state index contributed by atoms with van der Waals surface area (Å²) in [6.07, 6.45) is 7.51. The van der Waals surface area contributed by atoms with Gasteiger partial charge in [0.1, 0.15) is 0 Å². The summed E-state index contributed by atoms with van der Waals surface area (Å²) in [5, 5.41) is 10.5. The Morgan fingerprint density at radius 2 is 1.27 bits per heavy atom.